The molecule has 0 aliphatic rings. The first-order valence-corrected chi connectivity index (χ1v) is 9.83. The third kappa shape index (κ3) is 7.70. The average molecular weight is 379 g/mol. The van der Waals surface area contributed by atoms with Gasteiger partial charge in [-0.1, -0.05) is 48.5 Å². The standard InChI is InChI=1S/C18H22NO6P/c1-15(12-19-18(20)23-13-16-8-4-2-5-9-16)24-14-26(21,22)25-17-10-6-3-7-11-17/h2-11,15H,12-14H2,1H3,(H,19,20)(H,21,22)/t15-/m1/s1. The number of nitrogens with one attached hydrogen (secondary N) is 1. The number of alkyl carbamates (subject to hydrolysis) is 1. The van der Waals surface area contributed by atoms with Gasteiger partial charge in [-0.3, -0.25) is 0 Å². The molecule has 140 valence electrons. The molecule has 0 fully saturated rings. The molecule has 0 bridgehead atoms. The molecule has 0 aliphatic carbocycles. The van der Waals surface area contributed by atoms with Crippen molar-refractivity contribution in [2.45, 2.75) is 19.6 Å². The van der Waals surface area contributed by atoms with Crippen molar-refractivity contribution in [3.63, 3.8) is 0 Å². The topological polar surface area (TPSA) is 94.1 Å². The fourth-order valence-electron chi connectivity index (χ4n) is 1.95. The maximum absolute atomic E-state index is 12.0. The highest BCUT2D eigenvalue weighted by atomic mass is 31.2. The molecule has 2 aromatic rings. The minimum absolute atomic E-state index is 0.138. The number of rotatable bonds is 9. The van der Waals surface area contributed by atoms with E-state index in [-0.39, 0.29) is 18.9 Å². The predicted molar refractivity (Wildman–Crippen MR) is 96.9 cm³/mol. The van der Waals surface area contributed by atoms with Gasteiger partial charge in [0, 0.05) is 6.54 Å². The Hall–Kier alpha value is -2.34. The summed E-state index contributed by atoms with van der Waals surface area (Å²) in [4.78, 5) is 21.4. The summed E-state index contributed by atoms with van der Waals surface area (Å²) in [5.41, 5.74) is 0.881. The van der Waals surface area contributed by atoms with Crippen molar-refractivity contribution in [3.8, 4) is 5.75 Å². The van der Waals surface area contributed by atoms with E-state index >= 15 is 0 Å². The molecular weight excluding hydrogens is 357 g/mol. The van der Waals surface area contributed by atoms with Crippen molar-refractivity contribution in [1.82, 2.24) is 5.32 Å². The van der Waals surface area contributed by atoms with E-state index in [1.807, 2.05) is 30.3 Å². The lowest BCUT2D eigenvalue weighted by Gasteiger charge is -2.17. The third-order valence-electron chi connectivity index (χ3n) is 3.26. The Bertz CT molecular complexity index is 725. The second-order valence-corrected chi connectivity index (χ2v) is 7.31. The number of ether oxygens (including phenoxy) is 2. The fraction of sp³-hybridized carbons (Fsp3) is 0.278. The van der Waals surface area contributed by atoms with Crippen LogP contribution in [0, 0.1) is 0 Å². The largest absolute Gasteiger partial charge is 0.445 e. The van der Waals surface area contributed by atoms with Crippen LogP contribution in [-0.2, 0) is 20.6 Å². The summed E-state index contributed by atoms with van der Waals surface area (Å²) in [6.45, 7) is 1.97. The van der Waals surface area contributed by atoms with E-state index in [2.05, 4.69) is 5.32 Å². The molecule has 7 nitrogen and oxygen atoms in total. The maximum atomic E-state index is 12.0. The molecule has 0 saturated carbocycles. The Kier molecular flexibility index (Phi) is 7.66. The number of benzene rings is 2. The summed E-state index contributed by atoms with van der Waals surface area (Å²) in [6, 6.07) is 17.6. The zero-order chi connectivity index (χ0) is 18.8. The highest BCUT2D eigenvalue weighted by Gasteiger charge is 2.23. The van der Waals surface area contributed by atoms with Gasteiger partial charge in [-0.25, -0.2) is 9.36 Å². The van der Waals surface area contributed by atoms with Crippen LogP contribution in [0.25, 0.3) is 0 Å². The van der Waals surface area contributed by atoms with Gasteiger partial charge in [-0.2, -0.15) is 0 Å². The second kappa shape index (κ2) is 9.97. The van der Waals surface area contributed by atoms with Crippen LogP contribution < -0.4 is 9.84 Å². The lowest BCUT2D eigenvalue weighted by Crippen LogP contribution is -2.32. The number of carbonyl (C=O) groups is 1. The van der Waals surface area contributed by atoms with Crippen molar-refractivity contribution < 1.29 is 28.3 Å². The highest BCUT2D eigenvalue weighted by Crippen LogP contribution is 2.42. The van der Waals surface area contributed by atoms with Crippen molar-refractivity contribution in [2.75, 3.05) is 12.9 Å². The van der Waals surface area contributed by atoms with Crippen molar-refractivity contribution in [2.24, 2.45) is 0 Å². The molecule has 0 aromatic heterocycles. The number of carbonyl (C=O) groups excluding carboxylic acids is 1. The van der Waals surface area contributed by atoms with E-state index in [1.54, 1.807) is 37.3 Å². The van der Waals surface area contributed by atoms with E-state index in [0.717, 1.165) is 5.56 Å². The van der Waals surface area contributed by atoms with Gasteiger partial charge in [0.05, 0.1) is 6.10 Å². The Balaban J connectivity index is 1.65. The van der Waals surface area contributed by atoms with Crippen LogP contribution in [0.1, 0.15) is 12.5 Å². The van der Waals surface area contributed by atoms with Gasteiger partial charge in [0.1, 0.15) is 12.4 Å². The predicted octanol–water partition coefficient (Wildman–Crippen LogP) is 3.54. The molecule has 0 heterocycles. The summed E-state index contributed by atoms with van der Waals surface area (Å²) < 4.78 is 27.4. The first kappa shape index (κ1) is 20.0. The van der Waals surface area contributed by atoms with Crippen LogP contribution in [0.4, 0.5) is 4.79 Å². The van der Waals surface area contributed by atoms with E-state index in [4.69, 9.17) is 14.0 Å². The van der Waals surface area contributed by atoms with Gasteiger partial charge in [0.25, 0.3) is 0 Å². The first-order valence-electron chi connectivity index (χ1n) is 8.07. The van der Waals surface area contributed by atoms with E-state index in [1.165, 1.54) is 0 Å². The fourth-order valence-corrected chi connectivity index (χ4v) is 2.90. The van der Waals surface area contributed by atoms with Crippen molar-refractivity contribution in [1.29, 1.82) is 0 Å². The SMILES string of the molecule is C[C@H](CNC(=O)OCc1ccccc1)OCP(=O)(O)Oc1ccccc1. The van der Waals surface area contributed by atoms with E-state index in [9.17, 15) is 14.3 Å². The monoisotopic (exact) mass is 379 g/mol. The molecule has 1 amide bonds. The lowest BCUT2D eigenvalue weighted by atomic mass is 10.2. The molecule has 2 aromatic carbocycles. The molecule has 0 saturated heterocycles. The summed E-state index contributed by atoms with van der Waals surface area (Å²) in [7, 11) is -3.93. The van der Waals surface area contributed by atoms with Gasteiger partial charge in [-0.15, -0.1) is 0 Å². The van der Waals surface area contributed by atoms with Crippen LogP contribution >= 0.6 is 7.60 Å². The number of para-hydroxylation sites is 1. The van der Waals surface area contributed by atoms with Crippen LogP contribution in [0.15, 0.2) is 60.7 Å². The molecule has 2 rings (SSSR count). The molecule has 8 heteroatoms. The Morgan fingerprint density at radius 3 is 2.38 bits per heavy atom. The Morgan fingerprint density at radius 1 is 1.12 bits per heavy atom. The summed E-state index contributed by atoms with van der Waals surface area (Å²) >= 11 is 0. The summed E-state index contributed by atoms with van der Waals surface area (Å²) in [5.74, 6) is 0.289. The number of amides is 1. The minimum Gasteiger partial charge on any atom is -0.445 e. The van der Waals surface area contributed by atoms with Crippen LogP contribution in [0.3, 0.4) is 0 Å². The third-order valence-corrected chi connectivity index (χ3v) is 4.23. The second-order valence-electron chi connectivity index (χ2n) is 5.59. The molecule has 0 radical (unpaired) electrons. The Morgan fingerprint density at radius 2 is 1.73 bits per heavy atom. The van der Waals surface area contributed by atoms with Crippen LogP contribution in [0.5, 0.6) is 5.75 Å². The minimum atomic E-state index is -3.93. The van der Waals surface area contributed by atoms with Crippen LogP contribution in [0.2, 0.25) is 0 Å². The molecule has 0 spiro atoms. The number of hydrogen-bond acceptors (Lipinski definition) is 5. The van der Waals surface area contributed by atoms with Gasteiger partial charge in [0.15, 0.2) is 6.35 Å². The van der Waals surface area contributed by atoms with Gasteiger partial charge in [-0.05, 0) is 24.6 Å². The normalized spacial score (nSPS) is 14.1. The highest BCUT2D eigenvalue weighted by molar-refractivity contribution is 7.53. The summed E-state index contributed by atoms with van der Waals surface area (Å²) in [5, 5.41) is 2.54. The van der Waals surface area contributed by atoms with E-state index in [0.29, 0.717) is 0 Å². The molecule has 2 atom stereocenters. The Labute approximate surface area is 152 Å². The lowest BCUT2D eigenvalue weighted by molar-refractivity contribution is 0.0832. The van der Waals surface area contributed by atoms with E-state index < -0.39 is 26.1 Å². The zero-order valence-corrected chi connectivity index (χ0v) is 15.3. The summed E-state index contributed by atoms with van der Waals surface area (Å²) in [6.07, 6.45) is -1.56. The maximum Gasteiger partial charge on any atom is 0.407 e. The zero-order valence-electron chi connectivity index (χ0n) is 14.4. The first-order chi connectivity index (χ1) is 12.4. The molecule has 2 N–H and O–H groups in total. The molecule has 26 heavy (non-hydrogen) atoms. The molecule has 1 unspecified atom stereocenters. The quantitative estimate of drug-likeness (QED) is 0.647. The van der Waals surface area contributed by atoms with Gasteiger partial charge < -0.3 is 24.2 Å². The van der Waals surface area contributed by atoms with Gasteiger partial charge in [0.2, 0.25) is 0 Å². The van der Waals surface area contributed by atoms with Gasteiger partial charge >= 0.3 is 13.7 Å². The average Bonchev–Trinajstić information content (AvgIpc) is 2.64. The molecular formula is C18H22NO6P. The van der Waals surface area contributed by atoms with Crippen molar-refractivity contribution in [3.05, 3.63) is 66.2 Å². The van der Waals surface area contributed by atoms with Crippen LogP contribution in [-0.4, -0.2) is 30.0 Å². The van der Waals surface area contributed by atoms with Crippen molar-refractivity contribution >= 4 is 13.7 Å². The number of hydrogen-bond donors (Lipinski definition) is 2. The smallest absolute Gasteiger partial charge is 0.407 e. The molecule has 0 aliphatic heterocycles.